The van der Waals surface area contributed by atoms with Crippen LogP contribution < -0.4 is 0 Å². The van der Waals surface area contributed by atoms with Crippen molar-refractivity contribution in [2.45, 2.75) is 51.3 Å². The first-order valence-electron chi connectivity index (χ1n) is 7.67. The molecule has 1 fully saturated rings. The first-order valence-corrected chi connectivity index (χ1v) is 7.67. The largest absolute Gasteiger partial charge is 0.395 e. The Kier molecular flexibility index (Phi) is 5.41. The Morgan fingerprint density at radius 2 is 1.95 bits per heavy atom. The molecule has 0 saturated carbocycles. The quantitative estimate of drug-likeness (QED) is 0.837. The van der Waals surface area contributed by atoms with Gasteiger partial charge in [0.05, 0.1) is 6.61 Å². The fourth-order valence-corrected chi connectivity index (χ4v) is 2.63. The van der Waals surface area contributed by atoms with E-state index in [1.165, 1.54) is 18.4 Å². The van der Waals surface area contributed by atoms with Crippen molar-refractivity contribution in [3.8, 4) is 11.8 Å². The second-order valence-electron chi connectivity index (χ2n) is 6.31. The predicted octanol–water partition coefficient (Wildman–Crippen LogP) is 2.16. The summed E-state index contributed by atoms with van der Waals surface area (Å²) in [6, 6.07) is 8.45. The molecule has 21 heavy (non-hydrogen) atoms. The van der Waals surface area contributed by atoms with Crippen LogP contribution in [0.3, 0.4) is 0 Å². The van der Waals surface area contributed by atoms with Crippen molar-refractivity contribution in [1.29, 1.82) is 0 Å². The zero-order chi connectivity index (χ0) is 15.3. The molecular formula is C18H25NO2. The molecule has 1 unspecified atom stereocenters. The van der Waals surface area contributed by atoms with Crippen molar-refractivity contribution in [3.05, 3.63) is 35.4 Å². The Morgan fingerprint density at radius 3 is 2.57 bits per heavy atom. The van der Waals surface area contributed by atoms with Crippen LogP contribution in [0.5, 0.6) is 0 Å². The lowest BCUT2D eigenvalue weighted by Gasteiger charge is -2.34. The molecule has 2 rings (SSSR count). The van der Waals surface area contributed by atoms with E-state index in [4.69, 9.17) is 0 Å². The number of aliphatic hydroxyl groups is 2. The van der Waals surface area contributed by atoms with E-state index in [1.54, 1.807) is 13.8 Å². The van der Waals surface area contributed by atoms with E-state index in [-0.39, 0.29) is 6.61 Å². The number of aliphatic hydroxyl groups excluding tert-OH is 1. The lowest BCUT2D eigenvalue weighted by atomic mass is 10.0. The number of hydrogen-bond acceptors (Lipinski definition) is 3. The van der Waals surface area contributed by atoms with Crippen LogP contribution in [-0.4, -0.2) is 39.9 Å². The summed E-state index contributed by atoms with van der Waals surface area (Å²) in [5.41, 5.74) is 1.20. The van der Waals surface area contributed by atoms with Gasteiger partial charge in [-0.05, 0) is 50.9 Å². The monoisotopic (exact) mass is 287 g/mol. The normalized spacial score (nSPS) is 19.9. The molecule has 1 aliphatic rings. The highest BCUT2D eigenvalue weighted by molar-refractivity contribution is 5.37. The van der Waals surface area contributed by atoms with Crippen LogP contribution in [-0.2, 0) is 6.54 Å². The fraction of sp³-hybridized carbons (Fsp3) is 0.556. The van der Waals surface area contributed by atoms with Crippen LogP contribution in [0.2, 0.25) is 0 Å². The second-order valence-corrected chi connectivity index (χ2v) is 6.31. The van der Waals surface area contributed by atoms with Crippen molar-refractivity contribution in [3.63, 3.8) is 0 Å². The standard InChI is InChI=1S/C18H25NO2/c1-18(2,21)11-10-15-6-8-16(9-7-15)13-19-12-4-3-5-17(19)14-20/h6-9,17,20-21H,3-5,12-14H2,1-2H3. The number of benzene rings is 1. The topological polar surface area (TPSA) is 43.7 Å². The molecule has 3 heteroatoms. The van der Waals surface area contributed by atoms with Gasteiger partial charge >= 0.3 is 0 Å². The SMILES string of the molecule is CC(C)(O)C#Cc1ccc(CN2CCCCC2CO)cc1. The molecule has 1 aromatic carbocycles. The summed E-state index contributed by atoms with van der Waals surface area (Å²) in [6.45, 7) is 5.55. The van der Waals surface area contributed by atoms with Crippen molar-refractivity contribution in [2.24, 2.45) is 0 Å². The lowest BCUT2D eigenvalue weighted by Crippen LogP contribution is -2.41. The van der Waals surface area contributed by atoms with Gasteiger partial charge in [-0.3, -0.25) is 4.90 Å². The van der Waals surface area contributed by atoms with E-state index >= 15 is 0 Å². The van der Waals surface area contributed by atoms with Gasteiger partial charge in [0.15, 0.2) is 0 Å². The Labute approximate surface area is 127 Å². The molecule has 3 nitrogen and oxygen atoms in total. The average Bonchev–Trinajstić information content (AvgIpc) is 2.46. The first kappa shape index (κ1) is 16.0. The van der Waals surface area contributed by atoms with E-state index in [2.05, 4.69) is 28.9 Å². The van der Waals surface area contributed by atoms with Gasteiger partial charge in [0.1, 0.15) is 5.60 Å². The van der Waals surface area contributed by atoms with Gasteiger partial charge in [0.2, 0.25) is 0 Å². The second kappa shape index (κ2) is 7.09. The molecule has 0 bridgehead atoms. The van der Waals surface area contributed by atoms with Crippen LogP contribution in [0.15, 0.2) is 24.3 Å². The Bertz CT molecular complexity index is 505. The molecule has 1 heterocycles. The highest BCUT2D eigenvalue weighted by atomic mass is 16.3. The number of hydrogen-bond donors (Lipinski definition) is 2. The lowest BCUT2D eigenvalue weighted by molar-refractivity contribution is 0.0841. The summed E-state index contributed by atoms with van der Waals surface area (Å²) in [5, 5.41) is 19.0. The molecule has 0 aliphatic carbocycles. The maximum absolute atomic E-state index is 9.60. The Balaban J connectivity index is 2.00. The zero-order valence-corrected chi connectivity index (χ0v) is 13.0. The maximum Gasteiger partial charge on any atom is 0.120 e. The van der Waals surface area contributed by atoms with Crippen LogP contribution in [0, 0.1) is 11.8 Å². The molecule has 1 saturated heterocycles. The highest BCUT2D eigenvalue weighted by Crippen LogP contribution is 2.19. The van der Waals surface area contributed by atoms with Crippen molar-refractivity contribution in [2.75, 3.05) is 13.2 Å². The molecule has 114 valence electrons. The first-order chi connectivity index (χ1) is 9.98. The predicted molar refractivity (Wildman–Crippen MR) is 84.8 cm³/mol. The van der Waals surface area contributed by atoms with E-state index in [9.17, 15) is 10.2 Å². The van der Waals surface area contributed by atoms with Gasteiger partial charge in [0.25, 0.3) is 0 Å². The molecule has 1 aliphatic heterocycles. The number of likely N-dealkylation sites (tertiary alicyclic amines) is 1. The van der Waals surface area contributed by atoms with Crippen LogP contribution in [0.1, 0.15) is 44.2 Å². The summed E-state index contributed by atoms with van der Waals surface area (Å²) in [5.74, 6) is 5.80. The minimum absolute atomic E-state index is 0.245. The van der Waals surface area contributed by atoms with Crippen molar-refractivity contribution < 1.29 is 10.2 Å². The molecular weight excluding hydrogens is 262 g/mol. The Hall–Kier alpha value is -1.34. The highest BCUT2D eigenvalue weighted by Gasteiger charge is 2.21. The third-order valence-electron chi connectivity index (χ3n) is 3.81. The maximum atomic E-state index is 9.60. The summed E-state index contributed by atoms with van der Waals surface area (Å²) in [7, 11) is 0. The molecule has 0 amide bonds. The van der Waals surface area contributed by atoms with Crippen LogP contribution in [0.4, 0.5) is 0 Å². The van der Waals surface area contributed by atoms with Gasteiger partial charge in [-0.25, -0.2) is 0 Å². The van der Waals surface area contributed by atoms with Gasteiger partial charge < -0.3 is 10.2 Å². The van der Waals surface area contributed by atoms with Gasteiger partial charge in [-0.2, -0.15) is 0 Å². The molecule has 0 radical (unpaired) electrons. The summed E-state index contributed by atoms with van der Waals surface area (Å²) in [6.07, 6.45) is 3.52. The molecule has 1 atom stereocenters. The molecule has 1 aromatic rings. The van der Waals surface area contributed by atoms with E-state index in [0.29, 0.717) is 6.04 Å². The smallest absolute Gasteiger partial charge is 0.120 e. The van der Waals surface area contributed by atoms with Crippen molar-refractivity contribution >= 4 is 0 Å². The van der Waals surface area contributed by atoms with Crippen molar-refractivity contribution in [1.82, 2.24) is 4.90 Å². The van der Waals surface area contributed by atoms with Gasteiger partial charge in [-0.15, -0.1) is 0 Å². The fourth-order valence-electron chi connectivity index (χ4n) is 2.63. The van der Waals surface area contributed by atoms with Crippen LogP contribution >= 0.6 is 0 Å². The summed E-state index contributed by atoms with van der Waals surface area (Å²) >= 11 is 0. The average molecular weight is 287 g/mol. The summed E-state index contributed by atoms with van der Waals surface area (Å²) in [4.78, 5) is 2.36. The zero-order valence-electron chi connectivity index (χ0n) is 13.0. The third kappa shape index (κ3) is 5.17. The molecule has 0 spiro atoms. The third-order valence-corrected chi connectivity index (χ3v) is 3.81. The van der Waals surface area contributed by atoms with E-state index in [1.807, 2.05) is 12.1 Å². The van der Waals surface area contributed by atoms with Crippen LogP contribution in [0.25, 0.3) is 0 Å². The number of piperidine rings is 1. The van der Waals surface area contributed by atoms with E-state index in [0.717, 1.165) is 25.1 Å². The minimum atomic E-state index is -0.958. The number of nitrogens with zero attached hydrogens (tertiary/aromatic N) is 1. The molecule has 2 N–H and O–H groups in total. The Morgan fingerprint density at radius 1 is 1.24 bits per heavy atom. The minimum Gasteiger partial charge on any atom is -0.395 e. The summed E-state index contributed by atoms with van der Waals surface area (Å²) < 4.78 is 0. The van der Waals surface area contributed by atoms with E-state index < -0.39 is 5.60 Å². The van der Waals surface area contributed by atoms with Gasteiger partial charge in [0, 0.05) is 18.2 Å². The van der Waals surface area contributed by atoms with Gasteiger partial charge in [-0.1, -0.05) is 30.4 Å². The number of rotatable bonds is 3. The molecule has 0 aromatic heterocycles.